The molecule has 0 aromatic carbocycles. The zero-order chi connectivity index (χ0) is 22.0. The van der Waals surface area contributed by atoms with Crippen molar-refractivity contribution in [1.29, 1.82) is 0 Å². The lowest BCUT2D eigenvalue weighted by Gasteiger charge is -2.24. The summed E-state index contributed by atoms with van der Waals surface area (Å²) in [4.78, 5) is 28.3. The molecule has 0 unspecified atom stereocenters. The maximum Gasteiger partial charge on any atom is 0.248 e. The summed E-state index contributed by atoms with van der Waals surface area (Å²) in [5.74, 6) is -0.246. The fraction of sp³-hybridized carbons (Fsp3) is 0.900. The quantitative estimate of drug-likeness (QED) is 0.422. The van der Waals surface area contributed by atoms with Crippen molar-refractivity contribution in [2.75, 3.05) is 119 Å². The highest BCUT2D eigenvalue weighted by Gasteiger charge is 2.15. The van der Waals surface area contributed by atoms with Crippen LogP contribution >= 0.6 is 0 Å². The average molecular weight is 449 g/mol. The standard InChI is InChI=1S/C20H36N2O9/c23-19-17-30-15-13-29-14-16-31-18-20(24)22-3-7-27-10-9-25-5-1-21(19)2-6-26-11-12-28-8-4-22/h1-18H2. The maximum absolute atomic E-state index is 12.5. The third kappa shape index (κ3) is 12.3. The van der Waals surface area contributed by atoms with Gasteiger partial charge in [0.2, 0.25) is 11.8 Å². The van der Waals surface area contributed by atoms with E-state index in [0.29, 0.717) is 105 Å². The van der Waals surface area contributed by atoms with Crippen molar-refractivity contribution in [1.82, 2.24) is 9.80 Å². The van der Waals surface area contributed by atoms with Crippen LogP contribution in [0.1, 0.15) is 0 Å². The number of fused-ring (bicyclic) bond motifs is 24. The number of hydrogen-bond donors (Lipinski definition) is 0. The summed E-state index contributed by atoms with van der Waals surface area (Å²) < 4.78 is 38.6. The summed E-state index contributed by atoms with van der Waals surface area (Å²) in [7, 11) is 0. The van der Waals surface area contributed by atoms with E-state index in [1.165, 1.54) is 0 Å². The molecule has 3 rings (SSSR count). The summed E-state index contributed by atoms with van der Waals surface area (Å²) in [6.45, 7) is 6.20. The molecule has 0 spiro atoms. The largest absolute Gasteiger partial charge is 0.377 e. The van der Waals surface area contributed by atoms with Crippen molar-refractivity contribution in [3.05, 3.63) is 0 Å². The minimum absolute atomic E-state index is 0.0313. The molecular formula is C20H36N2O9. The van der Waals surface area contributed by atoms with Gasteiger partial charge in [-0.3, -0.25) is 9.59 Å². The van der Waals surface area contributed by atoms with E-state index in [4.69, 9.17) is 33.2 Å². The summed E-state index contributed by atoms with van der Waals surface area (Å²) in [6, 6.07) is 0. The zero-order valence-electron chi connectivity index (χ0n) is 18.3. The van der Waals surface area contributed by atoms with E-state index in [0.717, 1.165) is 0 Å². The fourth-order valence-electron chi connectivity index (χ4n) is 2.90. The molecule has 0 N–H and O–H groups in total. The second-order valence-electron chi connectivity index (χ2n) is 6.93. The first-order valence-electron chi connectivity index (χ1n) is 10.9. The second-order valence-corrected chi connectivity index (χ2v) is 6.93. The predicted molar refractivity (Wildman–Crippen MR) is 109 cm³/mol. The third-order valence-corrected chi connectivity index (χ3v) is 4.67. The van der Waals surface area contributed by atoms with Gasteiger partial charge >= 0.3 is 0 Å². The topological polar surface area (TPSA) is 105 Å². The molecule has 3 saturated heterocycles. The Morgan fingerprint density at radius 2 is 0.645 bits per heavy atom. The predicted octanol–water partition coefficient (Wildman–Crippen LogP) is -1.21. The SMILES string of the molecule is O=C1COCCOCCOCC(=O)N2CCOCCOCCN1CCOCCOCC2. The lowest BCUT2D eigenvalue weighted by Crippen LogP contribution is -2.40. The molecule has 31 heavy (non-hydrogen) atoms. The van der Waals surface area contributed by atoms with E-state index < -0.39 is 0 Å². The molecule has 0 radical (unpaired) electrons. The van der Waals surface area contributed by atoms with Gasteiger partial charge in [-0.15, -0.1) is 0 Å². The molecule has 180 valence electrons. The highest BCUT2D eigenvalue weighted by atomic mass is 16.5. The maximum atomic E-state index is 12.5. The van der Waals surface area contributed by atoms with Crippen LogP contribution in [0.5, 0.6) is 0 Å². The van der Waals surface area contributed by atoms with Gasteiger partial charge in [-0.2, -0.15) is 0 Å². The van der Waals surface area contributed by atoms with E-state index in [1.54, 1.807) is 9.80 Å². The van der Waals surface area contributed by atoms with Gasteiger partial charge in [-0.1, -0.05) is 0 Å². The van der Waals surface area contributed by atoms with Crippen LogP contribution in [0, 0.1) is 0 Å². The Labute approximate surface area is 183 Å². The van der Waals surface area contributed by atoms with Crippen molar-refractivity contribution in [2.24, 2.45) is 0 Å². The molecule has 2 amide bonds. The third-order valence-electron chi connectivity index (χ3n) is 4.67. The van der Waals surface area contributed by atoms with Crippen LogP contribution in [0.3, 0.4) is 0 Å². The number of nitrogens with zero attached hydrogens (tertiary/aromatic N) is 2. The summed E-state index contributed by atoms with van der Waals surface area (Å²) in [5, 5.41) is 0. The van der Waals surface area contributed by atoms with Gasteiger partial charge in [0.15, 0.2) is 0 Å². The molecular weight excluding hydrogens is 412 g/mol. The normalized spacial score (nSPS) is 24.1. The molecule has 11 nitrogen and oxygen atoms in total. The van der Waals surface area contributed by atoms with E-state index in [9.17, 15) is 9.59 Å². The van der Waals surface area contributed by atoms with Crippen LogP contribution in [0.25, 0.3) is 0 Å². The van der Waals surface area contributed by atoms with Crippen molar-refractivity contribution in [3.63, 3.8) is 0 Å². The minimum Gasteiger partial charge on any atom is -0.377 e. The number of ether oxygens (including phenoxy) is 7. The smallest absolute Gasteiger partial charge is 0.248 e. The molecule has 11 heteroatoms. The zero-order valence-corrected chi connectivity index (χ0v) is 18.3. The number of carbonyl (C=O) groups is 2. The van der Waals surface area contributed by atoms with Gasteiger partial charge in [-0.05, 0) is 0 Å². The highest BCUT2D eigenvalue weighted by Crippen LogP contribution is 1.97. The molecule has 3 heterocycles. The van der Waals surface area contributed by atoms with Crippen LogP contribution in [-0.2, 0) is 42.7 Å². The molecule has 3 aliphatic rings. The van der Waals surface area contributed by atoms with E-state index in [-0.39, 0.29) is 25.0 Å². The Morgan fingerprint density at radius 1 is 0.387 bits per heavy atom. The van der Waals surface area contributed by atoms with Crippen molar-refractivity contribution in [2.45, 2.75) is 0 Å². The first-order chi connectivity index (χ1) is 15.3. The number of amides is 2. The Kier molecular flexibility index (Phi) is 14.4. The van der Waals surface area contributed by atoms with E-state index in [1.807, 2.05) is 0 Å². The highest BCUT2D eigenvalue weighted by molar-refractivity contribution is 5.77. The minimum atomic E-state index is -0.123. The van der Waals surface area contributed by atoms with Crippen molar-refractivity contribution >= 4 is 11.8 Å². The Bertz CT molecular complexity index is 433. The number of hydrogen-bond acceptors (Lipinski definition) is 9. The van der Waals surface area contributed by atoms with Crippen LogP contribution in [-0.4, -0.2) is 140 Å². The summed E-state index contributed by atoms with van der Waals surface area (Å²) >= 11 is 0. The average Bonchev–Trinajstić information content (AvgIpc) is 2.77. The monoisotopic (exact) mass is 448 g/mol. The Balaban J connectivity index is 1.97. The van der Waals surface area contributed by atoms with Gasteiger partial charge in [-0.25, -0.2) is 0 Å². The van der Waals surface area contributed by atoms with E-state index >= 15 is 0 Å². The van der Waals surface area contributed by atoms with Gasteiger partial charge in [0, 0.05) is 26.2 Å². The second kappa shape index (κ2) is 17.2. The van der Waals surface area contributed by atoms with Gasteiger partial charge < -0.3 is 43.0 Å². The summed E-state index contributed by atoms with van der Waals surface area (Å²) in [6.07, 6.45) is 0. The fourth-order valence-corrected chi connectivity index (χ4v) is 2.90. The van der Waals surface area contributed by atoms with Crippen molar-refractivity contribution < 1.29 is 42.7 Å². The molecule has 3 fully saturated rings. The molecule has 0 aromatic heterocycles. The molecule has 0 aromatic rings. The Morgan fingerprint density at radius 3 is 0.968 bits per heavy atom. The molecule has 0 saturated carbocycles. The van der Waals surface area contributed by atoms with Crippen molar-refractivity contribution in [3.8, 4) is 0 Å². The first-order valence-corrected chi connectivity index (χ1v) is 10.9. The summed E-state index contributed by atoms with van der Waals surface area (Å²) in [5.41, 5.74) is 0. The first kappa shape index (κ1) is 25.9. The van der Waals surface area contributed by atoms with Crippen LogP contribution in [0.2, 0.25) is 0 Å². The lowest BCUT2D eigenvalue weighted by molar-refractivity contribution is -0.139. The molecule has 0 aliphatic carbocycles. The van der Waals surface area contributed by atoms with Gasteiger partial charge in [0.05, 0.1) is 79.3 Å². The van der Waals surface area contributed by atoms with Crippen LogP contribution in [0.15, 0.2) is 0 Å². The van der Waals surface area contributed by atoms with Crippen LogP contribution < -0.4 is 0 Å². The molecule has 3 aliphatic heterocycles. The lowest BCUT2D eigenvalue weighted by atomic mass is 10.4. The van der Waals surface area contributed by atoms with Gasteiger partial charge in [0.1, 0.15) is 13.2 Å². The van der Waals surface area contributed by atoms with E-state index in [2.05, 4.69) is 0 Å². The number of carbonyl (C=O) groups excluding carboxylic acids is 2. The van der Waals surface area contributed by atoms with Gasteiger partial charge in [0.25, 0.3) is 0 Å². The Hall–Kier alpha value is -1.34. The molecule has 2 bridgehead atoms. The van der Waals surface area contributed by atoms with Crippen LogP contribution in [0.4, 0.5) is 0 Å². The number of rotatable bonds is 0. The molecule has 0 atom stereocenters.